The van der Waals surface area contributed by atoms with Crippen molar-refractivity contribution in [2.45, 2.75) is 13.8 Å². The van der Waals surface area contributed by atoms with Gasteiger partial charge >= 0.3 is 6.16 Å². The Morgan fingerprint density at radius 3 is 2.23 bits per heavy atom. The van der Waals surface area contributed by atoms with Crippen molar-refractivity contribution < 1.29 is 15.0 Å². The highest BCUT2D eigenvalue weighted by Gasteiger charge is 1.94. The van der Waals surface area contributed by atoms with Crippen LogP contribution in [0.15, 0.2) is 12.3 Å². The lowest BCUT2D eigenvalue weighted by Gasteiger charge is -1.99. The number of carboxylic acid groups (broad SMARTS) is 2. The molecule has 1 aromatic rings. The Hall–Kier alpha value is -1.78. The molecule has 13 heavy (non-hydrogen) atoms. The predicted molar refractivity (Wildman–Crippen MR) is 48.8 cm³/mol. The first-order chi connectivity index (χ1) is 5.95. The molecule has 0 aliphatic heterocycles. The smallest absolute Gasteiger partial charge is 0.450 e. The molecular weight excluding hydrogens is 172 g/mol. The van der Waals surface area contributed by atoms with Gasteiger partial charge in [0.05, 0.1) is 0 Å². The molecule has 0 radical (unpaired) electrons. The third kappa shape index (κ3) is 4.62. The van der Waals surface area contributed by atoms with E-state index in [9.17, 15) is 0 Å². The third-order valence-corrected chi connectivity index (χ3v) is 1.51. The zero-order chi connectivity index (χ0) is 10.4. The lowest BCUT2D eigenvalue weighted by molar-refractivity contribution is 0.137. The van der Waals surface area contributed by atoms with Crippen molar-refractivity contribution in [3.05, 3.63) is 23.4 Å². The van der Waals surface area contributed by atoms with Crippen LogP contribution < -0.4 is 5.73 Å². The number of hydrogen-bond acceptors (Lipinski definition) is 3. The second kappa shape index (κ2) is 4.97. The summed E-state index contributed by atoms with van der Waals surface area (Å²) < 4.78 is 0. The first-order valence-electron chi connectivity index (χ1n) is 3.54. The van der Waals surface area contributed by atoms with Crippen LogP contribution in [0.4, 0.5) is 10.6 Å². The third-order valence-electron chi connectivity index (χ3n) is 1.51. The van der Waals surface area contributed by atoms with E-state index < -0.39 is 6.16 Å². The molecule has 0 spiro atoms. The van der Waals surface area contributed by atoms with Crippen LogP contribution in [-0.2, 0) is 0 Å². The molecule has 1 heterocycles. The minimum absolute atomic E-state index is 0.634. The fourth-order valence-corrected chi connectivity index (χ4v) is 0.653. The average molecular weight is 184 g/mol. The maximum atomic E-state index is 8.56. The summed E-state index contributed by atoms with van der Waals surface area (Å²) in [4.78, 5) is 12.5. The van der Waals surface area contributed by atoms with Crippen molar-refractivity contribution in [2.75, 3.05) is 5.73 Å². The molecule has 4 N–H and O–H groups in total. The number of aryl methyl sites for hydroxylation is 1. The van der Waals surface area contributed by atoms with Gasteiger partial charge < -0.3 is 15.9 Å². The van der Waals surface area contributed by atoms with Crippen molar-refractivity contribution in [3.8, 4) is 0 Å². The van der Waals surface area contributed by atoms with Crippen LogP contribution >= 0.6 is 0 Å². The number of nitrogens with two attached hydrogens (primary N) is 1. The molecule has 0 aliphatic carbocycles. The van der Waals surface area contributed by atoms with Gasteiger partial charge in [-0.2, -0.15) is 0 Å². The summed E-state index contributed by atoms with van der Waals surface area (Å²) in [5.74, 6) is 0.634. The van der Waals surface area contributed by atoms with Crippen LogP contribution in [0.1, 0.15) is 11.1 Å². The molecule has 0 saturated heterocycles. The van der Waals surface area contributed by atoms with Crippen molar-refractivity contribution in [1.82, 2.24) is 4.98 Å². The molecule has 1 aromatic heterocycles. The molecule has 0 aliphatic rings. The number of hydrogen-bond donors (Lipinski definition) is 3. The van der Waals surface area contributed by atoms with E-state index in [4.69, 9.17) is 20.7 Å². The van der Waals surface area contributed by atoms with E-state index in [1.54, 1.807) is 6.20 Å². The Bertz CT molecular complexity index is 275. The first kappa shape index (κ1) is 11.2. The van der Waals surface area contributed by atoms with Gasteiger partial charge in [0.25, 0.3) is 0 Å². The maximum absolute atomic E-state index is 8.56. The zero-order valence-corrected chi connectivity index (χ0v) is 7.48. The fourth-order valence-electron chi connectivity index (χ4n) is 0.653. The van der Waals surface area contributed by atoms with E-state index in [1.807, 2.05) is 19.9 Å². The quantitative estimate of drug-likeness (QED) is 0.567. The summed E-state index contributed by atoms with van der Waals surface area (Å²) in [5, 5.41) is 13.9. The highest BCUT2D eigenvalue weighted by Crippen LogP contribution is 2.09. The summed E-state index contributed by atoms with van der Waals surface area (Å²) in [6.45, 7) is 3.99. The summed E-state index contributed by atoms with van der Waals surface area (Å²) in [7, 11) is 0. The standard InChI is InChI=1S/C7H10N2.CH2O3/c1-5-3-4-9-7(8)6(5)2;2-1(3)4/h3-4H,1-2H3,(H2,8,9);(H2,2,3,4). The van der Waals surface area contributed by atoms with E-state index in [-0.39, 0.29) is 0 Å². The molecule has 1 rings (SSSR count). The van der Waals surface area contributed by atoms with Gasteiger partial charge in [0.15, 0.2) is 0 Å². The van der Waals surface area contributed by atoms with Crippen molar-refractivity contribution in [1.29, 1.82) is 0 Å². The van der Waals surface area contributed by atoms with Gasteiger partial charge in [-0.25, -0.2) is 9.78 Å². The Balaban J connectivity index is 0.000000310. The molecule has 0 atom stereocenters. The normalized spacial score (nSPS) is 8.46. The molecule has 0 bridgehead atoms. The Labute approximate surface area is 75.8 Å². The number of carbonyl (C=O) groups is 1. The van der Waals surface area contributed by atoms with Gasteiger partial charge in [-0.05, 0) is 31.0 Å². The molecule has 0 unspecified atom stereocenters. The van der Waals surface area contributed by atoms with Crippen LogP contribution in [-0.4, -0.2) is 21.4 Å². The number of pyridine rings is 1. The number of nitrogens with zero attached hydrogens (tertiary/aromatic N) is 1. The Morgan fingerprint density at radius 1 is 1.46 bits per heavy atom. The van der Waals surface area contributed by atoms with Crippen LogP contribution in [0.2, 0.25) is 0 Å². The highest BCUT2D eigenvalue weighted by atomic mass is 16.6. The van der Waals surface area contributed by atoms with E-state index in [1.165, 1.54) is 5.56 Å². The van der Waals surface area contributed by atoms with E-state index >= 15 is 0 Å². The average Bonchev–Trinajstić information content (AvgIpc) is 1.99. The van der Waals surface area contributed by atoms with Crippen LogP contribution in [0, 0.1) is 13.8 Å². The topological polar surface area (TPSA) is 96.4 Å². The number of aromatic nitrogens is 1. The van der Waals surface area contributed by atoms with Crippen molar-refractivity contribution >= 4 is 12.0 Å². The van der Waals surface area contributed by atoms with E-state index in [0.717, 1.165) is 5.56 Å². The second-order valence-electron chi connectivity index (χ2n) is 2.42. The fraction of sp³-hybridized carbons (Fsp3) is 0.250. The van der Waals surface area contributed by atoms with Crippen LogP contribution in [0.3, 0.4) is 0 Å². The van der Waals surface area contributed by atoms with Gasteiger partial charge in [-0.3, -0.25) is 0 Å². The van der Waals surface area contributed by atoms with Gasteiger partial charge in [-0.1, -0.05) is 0 Å². The first-order valence-corrected chi connectivity index (χ1v) is 3.54. The number of nitrogen functional groups attached to an aromatic ring is 1. The molecule has 0 aromatic carbocycles. The molecule has 5 heteroatoms. The van der Waals surface area contributed by atoms with Crippen LogP contribution in [0.5, 0.6) is 0 Å². The summed E-state index contributed by atoms with van der Waals surface area (Å²) in [6.07, 6.45) is -0.113. The lowest BCUT2D eigenvalue weighted by Crippen LogP contribution is -1.94. The molecule has 0 amide bonds. The summed E-state index contributed by atoms with van der Waals surface area (Å²) in [5.41, 5.74) is 7.79. The monoisotopic (exact) mass is 184 g/mol. The van der Waals surface area contributed by atoms with Crippen molar-refractivity contribution in [2.24, 2.45) is 0 Å². The van der Waals surface area contributed by atoms with Crippen molar-refractivity contribution in [3.63, 3.8) is 0 Å². The summed E-state index contributed by atoms with van der Waals surface area (Å²) >= 11 is 0. The molecule has 72 valence electrons. The molecule has 0 saturated carbocycles. The van der Waals surface area contributed by atoms with Gasteiger partial charge in [0.2, 0.25) is 0 Å². The predicted octanol–water partition coefficient (Wildman–Crippen LogP) is 1.50. The summed E-state index contributed by atoms with van der Waals surface area (Å²) in [6, 6.07) is 1.95. The molecule has 5 nitrogen and oxygen atoms in total. The largest absolute Gasteiger partial charge is 0.503 e. The maximum Gasteiger partial charge on any atom is 0.503 e. The van der Waals surface area contributed by atoms with E-state index in [2.05, 4.69) is 4.98 Å². The minimum atomic E-state index is -1.83. The van der Waals surface area contributed by atoms with Gasteiger partial charge in [0.1, 0.15) is 5.82 Å². The molecule has 0 fully saturated rings. The Kier molecular flexibility index (Phi) is 4.29. The van der Waals surface area contributed by atoms with Gasteiger partial charge in [-0.15, -0.1) is 0 Å². The second-order valence-corrected chi connectivity index (χ2v) is 2.42. The SMILES string of the molecule is Cc1ccnc(N)c1C.O=C(O)O. The van der Waals surface area contributed by atoms with Gasteiger partial charge in [0, 0.05) is 6.20 Å². The number of rotatable bonds is 0. The zero-order valence-electron chi connectivity index (χ0n) is 7.48. The minimum Gasteiger partial charge on any atom is -0.450 e. The van der Waals surface area contributed by atoms with E-state index in [0.29, 0.717) is 5.82 Å². The molecular formula is C8H12N2O3. The number of anilines is 1. The highest BCUT2D eigenvalue weighted by molar-refractivity contribution is 5.53. The Morgan fingerprint density at radius 2 is 1.92 bits per heavy atom. The lowest BCUT2D eigenvalue weighted by atomic mass is 10.2. The van der Waals surface area contributed by atoms with Crippen LogP contribution in [0.25, 0.3) is 0 Å².